The molecule has 156 valence electrons. The molecule has 1 atom stereocenters. The largest absolute Gasteiger partial charge is 0.446 e. The number of carbonyl (C=O) groups excluding carboxylic acids is 3. The fourth-order valence-corrected chi connectivity index (χ4v) is 2.49. The third-order valence-corrected chi connectivity index (χ3v) is 3.67. The molecule has 8 heteroatoms. The highest BCUT2D eigenvalue weighted by molar-refractivity contribution is 5.96. The van der Waals surface area contributed by atoms with Crippen LogP contribution in [0.2, 0.25) is 0 Å². The molecule has 0 aromatic heterocycles. The van der Waals surface area contributed by atoms with E-state index >= 15 is 0 Å². The lowest BCUT2D eigenvalue weighted by atomic mass is 10.00. The molecule has 0 aliphatic heterocycles. The molecule has 0 bridgehead atoms. The molecule has 0 radical (unpaired) electrons. The predicted molar refractivity (Wildman–Crippen MR) is 104 cm³/mol. The lowest BCUT2D eigenvalue weighted by Crippen LogP contribution is -2.53. The topological polar surface area (TPSA) is 105 Å². The second-order valence-corrected chi connectivity index (χ2v) is 6.88. The first-order chi connectivity index (χ1) is 13.2. The van der Waals surface area contributed by atoms with Crippen molar-refractivity contribution in [3.05, 3.63) is 35.9 Å². The van der Waals surface area contributed by atoms with Crippen LogP contribution in [0.15, 0.2) is 30.3 Å². The minimum absolute atomic E-state index is 0.0425. The number of Topliss-reactive ketones (excluding diaryl/α,β-unsaturated/α-hetero) is 1. The van der Waals surface area contributed by atoms with Gasteiger partial charge >= 0.3 is 12.2 Å². The Labute approximate surface area is 165 Å². The van der Waals surface area contributed by atoms with Gasteiger partial charge in [-0.1, -0.05) is 30.3 Å². The molecule has 0 fully saturated rings. The van der Waals surface area contributed by atoms with Crippen molar-refractivity contribution in [1.82, 2.24) is 10.4 Å². The molecule has 0 saturated heterocycles. The van der Waals surface area contributed by atoms with Crippen LogP contribution in [0.3, 0.4) is 0 Å². The number of carbonyl (C=O) groups is 3. The molecule has 1 aromatic rings. The van der Waals surface area contributed by atoms with Crippen LogP contribution in [0, 0.1) is 0 Å². The van der Waals surface area contributed by atoms with Gasteiger partial charge in [0.2, 0.25) is 0 Å². The minimum Gasteiger partial charge on any atom is -0.446 e. The highest BCUT2D eigenvalue weighted by Gasteiger charge is 2.30. The van der Waals surface area contributed by atoms with Crippen molar-refractivity contribution in [3.63, 3.8) is 0 Å². The van der Waals surface area contributed by atoms with E-state index in [4.69, 9.17) is 9.47 Å². The van der Waals surface area contributed by atoms with Gasteiger partial charge in [-0.05, 0) is 40.5 Å². The van der Waals surface area contributed by atoms with Gasteiger partial charge in [0.1, 0.15) is 0 Å². The first-order valence-electron chi connectivity index (χ1n) is 9.40. The normalized spacial score (nSPS) is 11.8. The second-order valence-electron chi connectivity index (χ2n) is 6.88. The van der Waals surface area contributed by atoms with Crippen molar-refractivity contribution in [2.24, 2.45) is 0 Å². The van der Waals surface area contributed by atoms with E-state index in [1.54, 1.807) is 58.0 Å². The molecule has 1 unspecified atom stereocenters. The molecule has 0 heterocycles. The van der Waals surface area contributed by atoms with Crippen molar-refractivity contribution in [1.29, 1.82) is 0 Å². The molecule has 0 spiro atoms. The van der Waals surface area contributed by atoms with Crippen molar-refractivity contribution in [2.45, 2.75) is 65.2 Å². The summed E-state index contributed by atoms with van der Waals surface area (Å²) in [6, 6.07) is 7.96. The molecule has 0 saturated carbocycles. The predicted octanol–water partition coefficient (Wildman–Crippen LogP) is 3.30. The van der Waals surface area contributed by atoms with E-state index in [2.05, 4.69) is 5.43 Å². The Balaban J connectivity index is 3.04. The molecule has 28 heavy (non-hydrogen) atoms. The number of nitrogens with one attached hydrogen (secondary N) is 1. The summed E-state index contributed by atoms with van der Waals surface area (Å²) in [5.41, 5.74) is 2.88. The minimum atomic E-state index is -0.822. The number of amides is 2. The Morgan fingerprint density at radius 3 is 2.18 bits per heavy atom. The van der Waals surface area contributed by atoms with Crippen molar-refractivity contribution < 1.29 is 29.0 Å². The molecular formula is C20H30N2O6. The Morgan fingerprint density at radius 2 is 1.64 bits per heavy atom. The van der Waals surface area contributed by atoms with Crippen molar-refractivity contribution >= 4 is 18.0 Å². The average Bonchev–Trinajstić information content (AvgIpc) is 2.62. The fourth-order valence-electron chi connectivity index (χ4n) is 2.49. The van der Waals surface area contributed by atoms with Crippen LogP contribution in [0.1, 0.15) is 57.3 Å². The Kier molecular flexibility index (Phi) is 10.0. The third kappa shape index (κ3) is 8.39. The van der Waals surface area contributed by atoms with Gasteiger partial charge in [-0.25, -0.2) is 20.0 Å². The summed E-state index contributed by atoms with van der Waals surface area (Å²) in [7, 11) is 0. The van der Waals surface area contributed by atoms with Gasteiger partial charge in [-0.2, -0.15) is 0 Å². The number of ketones is 1. The van der Waals surface area contributed by atoms with Crippen LogP contribution in [-0.2, 0) is 9.47 Å². The number of hydrogen-bond acceptors (Lipinski definition) is 6. The number of nitrogens with zero attached hydrogens (tertiary/aromatic N) is 1. The molecule has 1 rings (SSSR count). The molecular weight excluding hydrogens is 364 g/mol. The summed E-state index contributed by atoms with van der Waals surface area (Å²) in [4.78, 5) is 37.3. The monoisotopic (exact) mass is 394 g/mol. The third-order valence-electron chi connectivity index (χ3n) is 3.67. The number of hydrogen-bond donors (Lipinski definition) is 2. The molecule has 8 nitrogen and oxygen atoms in total. The zero-order valence-electron chi connectivity index (χ0n) is 16.9. The molecule has 0 aliphatic carbocycles. The summed E-state index contributed by atoms with van der Waals surface area (Å²) in [6.45, 7) is 6.61. The van der Waals surface area contributed by atoms with Crippen LogP contribution in [0.25, 0.3) is 0 Å². The Morgan fingerprint density at radius 1 is 1.04 bits per heavy atom. The van der Waals surface area contributed by atoms with Gasteiger partial charge in [-0.3, -0.25) is 4.79 Å². The summed E-state index contributed by atoms with van der Waals surface area (Å²) < 4.78 is 10.3. The van der Waals surface area contributed by atoms with E-state index in [1.807, 2.05) is 0 Å². The molecule has 2 N–H and O–H groups in total. The average molecular weight is 394 g/mol. The number of aliphatic hydroxyl groups excluding tert-OH is 1. The zero-order chi connectivity index (χ0) is 21.1. The van der Waals surface area contributed by atoms with E-state index in [9.17, 15) is 19.5 Å². The number of benzene rings is 1. The van der Waals surface area contributed by atoms with Crippen molar-refractivity contribution in [3.8, 4) is 0 Å². The highest BCUT2D eigenvalue weighted by atomic mass is 16.6. The Bertz CT molecular complexity index is 633. The van der Waals surface area contributed by atoms with Gasteiger partial charge in [-0.15, -0.1) is 0 Å². The summed E-state index contributed by atoms with van der Waals surface area (Å²) in [5.74, 6) is -0.190. The molecule has 1 aromatic carbocycles. The SMILES string of the molecule is CC(C)OC(=O)NN(C(=O)OC(C)C)C(CCCO)CC(=O)c1ccccc1. The summed E-state index contributed by atoms with van der Waals surface area (Å²) >= 11 is 0. The van der Waals surface area contributed by atoms with Crippen molar-refractivity contribution in [2.75, 3.05) is 6.61 Å². The summed E-state index contributed by atoms with van der Waals surface area (Å²) in [5, 5.41) is 10.2. The van der Waals surface area contributed by atoms with Crippen LogP contribution < -0.4 is 5.43 Å². The van der Waals surface area contributed by atoms with E-state index in [0.717, 1.165) is 5.01 Å². The first-order valence-corrected chi connectivity index (χ1v) is 9.40. The van der Waals surface area contributed by atoms with Gasteiger partial charge < -0.3 is 14.6 Å². The van der Waals surface area contributed by atoms with Crippen LogP contribution in [0.4, 0.5) is 9.59 Å². The van der Waals surface area contributed by atoms with Crippen LogP contribution >= 0.6 is 0 Å². The summed E-state index contributed by atoms with van der Waals surface area (Å²) in [6.07, 6.45) is -1.81. The van der Waals surface area contributed by atoms with Gasteiger partial charge in [0.25, 0.3) is 0 Å². The van der Waals surface area contributed by atoms with E-state index in [-0.39, 0.29) is 24.9 Å². The van der Waals surface area contributed by atoms with E-state index in [1.165, 1.54) is 0 Å². The maximum atomic E-state index is 12.6. The van der Waals surface area contributed by atoms with Crippen LogP contribution in [-0.4, -0.2) is 52.9 Å². The molecule has 2 amide bonds. The quantitative estimate of drug-likeness (QED) is 0.492. The lowest BCUT2D eigenvalue weighted by Gasteiger charge is -2.31. The fraction of sp³-hybridized carbons (Fsp3) is 0.550. The van der Waals surface area contributed by atoms with Gasteiger partial charge in [0.05, 0.1) is 18.2 Å². The maximum Gasteiger partial charge on any atom is 0.429 e. The number of hydrazine groups is 1. The number of rotatable bonds is 9. The first kappa shape index (κ1) is 23.4. The standard InChI is InChI=1S/C20H30N2O6/c1-14(2)27-19(25)21-22(20(26)28-15(3)4)17(11-8-12-23)13-18(24)16-9-6-5-7-10-16/h5-7,9-10,14-15,17,23H,8,11-13H2,1-4H3,(H,21,25). The second kappa shape index (κ2) is 12.0. The van der Waals surface area contributed by atoms with E-state index < -0.39 is 24.3 Å². The maximum absolute atomic E-state index is 12.6. The zero-order valence-corrected chi connectivity index (χ0v) is 16.9. The number of ether oxygens (including phenoxy) is 2. The van der Waals surface area contributed by atoms with Gasteiger partial charge in [0, 0.05) is 18.6 Å². The molecule has 0 aliphatic rings. The smallest absolute Gasteiger partial charge is 0.429 e. The number of aliphatic hydroxyl groups is 1. The van der Waals surface area contributed by atoms with E-state index in [0.29, 0.717) is 18.4 Å². The van der Waals surface area contributed by atoms with Gasteiger partial charge in [0.15, 0.2) is 5.78 Å². The Hall–Kier alpha value is -2.61. The van der Waals surface area contributed by atoms with Crippen LogP contribution in [0.5, 0.6) is 0 Å². The highest BCUT2D eigenvalue weighted by Crippen LogP contribution is 2.16. The lowest BCUT2D eigenvalue weighted by molar-refractivity contribution is 0.0270.